The predicted molar refractivity (Wildman–Crippen MR) is 108 cm³/mol. The molecule has 0 spiro atoms. The van der Waals surface area contributed by atoms with Gasteiger partial charge in [-0.3, -0.25) is 15.0 Å². The first-order valence-corrected chi connectivity index (χ1v) is 9.90. The molecule has 27 heavy (non-hydrogen) atoms. The Bertz CT molecular complexity index is 1160. The molecule has 3 aromatic heterocycles. The smallest absolute Gasteiger partial charge is 0.281 e. The van der Waals surface area contributed by atoms with E-state index in [0.29, 0.717) is 16.0 Å². The van der Waals surface area contributed by atoms with Crippen LogP contribution in [0.2, 0.25) is 0 Å². The highest BCUT2D eigenvalue weighted by Gasteiger charge is 2.15. The lowest BCUT2D eigenvalue weighted by atomic mass is 10.2. The van der Waals surface area contributed by atoms with Crippen molar-refractivity contribution in [1.29, 1.82) is 0 Å². The molecule has 0 saturated heterocycles. The first-order valence-electron chi connectivity index (χ1n) is 8.14. The van der Waals surface area contributed by atoms with Gasteiger partial charge in [0.1, 0.15) is 16.9 Å². The van der Waals surface area contributed by atoms with Crippen molar-refractivity contribution >= 4 is 38.8 Å². The highest BCUT2D eigenvalue weighted by molar-refractivity contribution is 7.18. The number of fused-ring (bicyclic) bond motifs is 1. The number of ether oxygens (including phenoxy) is 1. The van der Waals surface area contributed by atoms with Crippen LogP contribution in [0.15, 0.2) is 58.3 Å². The molecule has 0 unspecified atom stereocenters. The van der Waals surface area contributed by atoms with E-state index in [4.69, 9.17) is 4.74 Å². The first kappa shape index (κ1) is 17.4. The van der Waals surface area contributed by atoms with Crippen LogP contribution in [0, 0.1) is 6.92 Å². The van der Waals surface area contributed by atoms with E-state index in [2.05, 4.69) is 10.4 Å². The van der Waals surface area contributed by atoms with Crippen molar-refractivity contribution in [1.82, 2.24) is 9.66 Å². The summed E-state index contributed by atoms with van der Waals surface area (Å²) < 4.78 is 6.58. The number of nitrogens with one attached hydrogen (secondary N) is 1. The van der Waals surface area contributed by atoms with Gasteiger partial charge in [-0.25, -0.2) is 9.66 Å². The molecule has 0 saturated carbocycles. The minimum Gasteiger partial charge on any atom is -0.484 e. The quantitative estimate of drug-likeness (QED) is 0.558. The maximum atomic E-state index is 12.8. The molecule has 0 aliphatic heterocycles. The van der Waals surface area contributed by atoms with Crippen LogP contribution in [-0.2, 0) is 4.79 Å². The number of carbonyl (C=O) groups excluding carboxylic acids is 1. The Morgan fingerprint density at radius 1 is 1.26 bits per heavy atom. The molecule has 0 aliphatic carbocycles. The molecule has 0 atom stereocenters. The number of rotatable bonds is 5. The molecule has 1 N–H and O–H groups in total. The molecule has 8 heteroatoms. The van der Waals surface area contributed by atoms with Crippen LogP contribution >= 0.6 is 22.7 Å². The Morgan fingerprint density at radius 3 is 2.93 bits per heavy atom. The molecule has 0 radical (unpaired) electrons. The van der Waals surface area contributed by atoms with Gasteiger partial charge < -0.3 is 4.74 Å². The summed E-state index contributed by atoms with van der Waals surface area (Å²) in [7, 11) is 0. The second-order valence-electron chi connectivity index (χ2n) is 5.87. The van der Waals surface area contributed by atoms with Crippen LogP contribution in [0.4, 0.5) is 0 Å². The number of carbonyl (C=O) groups is 1. The van der Waals surface area contributed by atoms with E-state index in [9.17, 15) is 9.59 Å². The van der Waals surface area contributed by atoms with Crippen LogP contribution in [0.25, 0.3) is 20.7 Å². The number of aryl methyl sites for hydroxylation is 1. The van der Waals surface area contributed by atoms with Crippen molar-refractivity contribution in [2.75, 3.05) is 12.0 Å². The number of thiophene rings is 2. The standard InChI is InChI=1S/C19H15N3O3S2/c1-12-4-2-5-13(8-12)25-9-16(23)21-22-11-20-18-17(19(22)24)14(10-27-18)15-6-3-7-26-15/h2-8,10-11H,9H2,1H3,(H,21,23). The molecule has 136 valence electrons. The van der Waals surface area contributed by atoms with Crippen molar-refractivity contribution in [3.8, 4) is 16.2 Å². The minimum absolute atomic E-state index is 0.199. The number of benzene rings is 1. The Hall–Kier alpha value is -2.97. The van der Waals surface area contributed by atoms with Crippen LogP contribution in [0.3, 0.4) is 0 Å². The zero-order chi connectivity index (χ0) is 18.8. The fourth-order valence-corrected chi connectivity index (χ4v) is 4.37. The second-order valence-corrected chi connectivity index (χ2v) is 7.67. The van der Waals surface area contributed by atoms with Crippen molar-refractivity contribution < 1.29 is 9.53 Å². The van der Waals surface area contributed by atoms with Gasteiger partial charge in [-0.2, -0.15) is 0 Å². The maximum Gasteiger partial charge on any atom is 0.281 e. The van der Waals surface area contributed by atoms with Gasteiger partial charge >= 0.3 is 0 Å². The number of aromatic nitrogens is 2. The highest BCUT2D eigenvalue weighted by atomic mass is 32.1. The summed E-state index contributed by atoms with van der Waals surface area (Å²) in [4.78, 5) is 31.0. The number of hydrogen-bond donors (Lipinski definition) is 1. The molecule has 0 fully saturated rings. The van der Waals surface area contributed by atoms with Crippen molar-refractivity contribution in [2.24, 2.45) is 0 Å². The summed E-state index contributed by atoms with van der Waals surface area (Å²) >= 11 is 2.96. The molecular weight excluding hydrogens is 382 g/mol. The van der Waals surface area contributed by atoms with Crippen molar-refractivity contribution in [2.45, 2.75) is 6.92 Å². The summed E-state index contributed by atoms with van der Waals surface area (Å²) in [6.07, 6.45) is 1.32. The summed E-state index contributed by atoms with van der Waals surface area (Å²) in [5.74, 6) is 0.163. The zero-order valence-corrected chi connectivity index (χ0v) is 16.0. The van der Waals surface area contributed by atoms with Crippen LogP contribution in [0.5, 0.6) is 5.75 Å². The largest absolute Gasteiger partial charge is 0.484 e. The van der Waals surface area contributed by atoms with Gasteiger partial charge in [-0.05, 0) is 36.1 Å². The van der Waals surface area contributed by atoms with E-state index in [1.54, 1.807) is 17.4 Å². The van der Waals surface area contributed by atoms with Gasteiger partial charge in [0.25, 0.3) is 11.5 Å². The van der Waals surface area contributed by atoms with E-state index in [0.717, 1.165) is 20.7 Å². The van der Waals surface area contributed by atoms with Crippen molar-refractivity contribution in [3.63, 3.8) is 0 Å². The van der Waals surface area contributed by atoms with Gasteiger partial charge in [0.05, 0.1) is 5.39 Å². The number of nitrogens with zero attached hydrogens (tertiary/aromatic N) is 2. The zero-order valence-electron chi connectivity index (χ0n) is 14.3. The summed E-state index contributed by atoms with van der Waals surface area (Å²) in [6.45, 7) is 1.74. The van der Waals surface area contributed by atoms with Gasteiger partial charge in [-0.1, -0.05) is 18.2 Å². The topological polar surface area (TPSA) is 73.2 Å². The Morgan fingerprint density at radius 2 is 2.15 bits per heavy atom. The number of amides is 1. The lowest BCUT2D eigenvalue weighted by molar-refractivity contribution is -0.119. The van der Waals surface area contributed by atoms with E-state index in [1.807, 2.05) is 48.0 Å². The fraction of sp³-hybridized carbons (Fsp3) is 0.105. The molecule has 6 nitrogen and oxygen atoms in total. The normalized spacial score (nSPS) is 10.9. The third-order valence-corrected chi connectivity index (χ3v) is 5.68. The van der Waals surface area contributed by atoms with Crippen LogP contribution in [-0.4, -0.2) is 22.2 Å². The average Bonchev–Trinajstić information content (AvgIpc) is 3.32. The summed E-state index contributed by atoms with van der Waals surface area (Å²) in [6, 6.07) is 11.3. The fourth-order valence-electron chi connectivity index (χ4n) is 2.65. The number of hydrogen-bond acceptors (Lipinski definition) is 6. The van der Waals surface area contributed by atoms with E-state index >= 15 is 0 Å². The highest BCUT2D eigenvalue weighted by Crippen LogP contribution is 2.33. The molecule has 4 aromatic rings. The lowest BCUT2D eigenvalue weighted by Crippen LogP contribution is -2.35. The van der Waals surface area contributed by atoms with Crippen molar-refractivity contribution in [3.05, 3.63) is 69.4 Å². The molecule has 1 aromatic carbocycles. The average molecular weight is 397 g/mol. The van der Waals surface area contributed by atoms with Gasteiger partial charge in [0, 0.05) is 15.8 Å². The molecular formula is C19H15N3O3S2. The third-order valence-electron chi connectivity index (χ3n) is 3.89. The SMILES string of the molecule is Cc1cccc(OCC(=O)Nn2cnc3scc(-c4cccs4)c3c2=O)c1. The molecule has 1 amide bonds. The van der Waals surface area contributed by atoms with Gasteiger partial charge in [0.15, 0.2) is 6.61 Å². The predicted octanol–water partition coefficient (Wildman–Crippen LogP) is 3.64. The molecule has 3 heterocycles. The maximum absolute atomic E-state index is 12.8. The molecule has 0 bridgehead atoms. The first-order chi connectivity index (χ1) is 13.1. The third kappa shape index (κ3) is 3.62. The van der Waals surface area contributed by atoms with Gasteiger partial charge in [0.2, 0.25) is 0 Å². The minimum atomic E-state index is -0.437. The van der Waals surface area contributed by atoms with Crippen LogP contribution in [0.1, 0.15) is 5.56 Å². The lowest BCUT2D eigenvalue weighted by Gasteiger charge is -2.09. The monoisotopic (exact) mass is 397 g/mol. The second kappa shape index (κ2) is 7.34. The van der Waals surface area contributed by atoms with Gasteiger partial charge in [-0.15, -0.1) is 22.7 Å². The van der Waals surface area contributed by atoms with E-state index in [-0.39, 0.29) is 12.2 Å². The van der Waals surface area contributed by atoms with E-state index in [1.165, 1.54) is 17.7 Å². The Balaban J connectivity index is 1.55. The van der Waals surface area contributed by atoms with E-state index < -0.39 is 5.91 Å². The summed E-state index contributed by atoms with van der Waals surface area (Å²) in [5.41, 5.74) is 4.10. The Kier molecular flexibility index (Phi) is 4.74. The summed E-state index contributed by atoms with van der Waals surface area (Å²) in [5, 5.41) is 4.38. The molecule has 0 aliphatic rings. The van der Waals surface area contributed by atoms with Crippen LogP contribution < -0.4 is 15.7 Å². The molecule has 4 rings (SSSR count). The Labute approximate surface area is 162 Å².